The molecule has 2 heterocycles. The van der Waals surface area contributed by atoms with Crippen molar-refractivity contribution in [2.75, 3.05) is 13.1 Å². The molecule has 1 fully saturated rings. The number of nitrogens with one attached hydrogen (secondary N) is 1. The molecule has 0 radical (unpaired) electrons. The van der Waals surface area contributed by atoms with Crippen LogP contribution in [0.1, 0.15) is 18.7 Å². The lowest BCUT2D eigenvalue weighted by molar-refractivity contribution is 0.0170. The number of aromatic nitrogens is 2. The average molecular weight is 183 g/mol. The first kappa shape index (κ1) is 8.65. The van der Waals surface area contributed by atoms with Crippen LogP contribution in [-0.4, -0.2) is 29.3 Å². The van der Waals surface area contributed by atoms with Crippen molar-refractivity contribution in [2.24, 2.45) is 0 Å². The third-order valence-electron chi connectivity index (χ3n) is 2.14. The maximum atomic E-state index is 5.60. The Morgan fingerprint density at radius 3 is 3.08 bits per heavy atom. The van der Waals surface area contributed by atoms with Gasteiger partial charge in [0, 0.05) is 0 Å². The fourth-order valence-corrected chi connectivity index (χ4v) is 1.41. The maximum absolute atomic E-state index is 5.60. The molecular weight excluding hydrogens is 170 g/mol. The van der Waals surface area contributed by atoms with Crippen molar-refractivity contribution in [2.45, 2.75) is 25.6 Å². The Kier molecular flexibility index (Phi) is 2.89. The molecule has 5 heteroatoms. The Labute approximate surface area is 76.5 Å². The number of ether oxygens (including phenoxy) is 1. The van der Waals surface area contributed by atoms with Crippen molar-refractivity contribution < 1.29 is 9.26 Å². The molecule has 0 aromatic carbocycles. The molecule has 1 saturated heterocycles. The summed E-state index contributed by atoms with van der Waals surface area (Å²) in [5, 5.41) is 6.95. The predicted octanol–water partition coefficient (Wildman–Crippen LogP) is 0.338. The summed E-state index contributed by atoms with van der Waals surface area (Å²) in [5.74, 6) is 0.624. The minimum absolute atomic E-state index is 0.347. The Morgan fingerprint density at radius 1 is 1.54 bits per heavy atom. The molecule has 0 spiro atoms. The minimum Gasteiger partial charge on any atom is -0.370 e. The first-order valence-electron chi connectivity index (χ1n) is 4.53. The molecule has 0 amide bonds. The van der Waals surface area contributed by atoms with Crippen LogP contribution >= 0.6 is 0 Å². The Hall–Kier alpha value is -0.940. The fraction of sp³-hybridized carbons (Fsp3) is 0.750. The van der Waals surface area contributed by atoms with Gasteiger partial charge in [-0.25, -0.2) is 0 Å². The topological polar surface area (TPSA) is 60.2 Å². The van der Waals surface area contributed by atoms with Gasteiger partial charge in [0.25, 0.3) is 0 Å². The molecule has 1 N–H and O–H groups in total. The zero-order chi connectivity index (χ0) is 8.93. The van der Waals surface area contributed by atoms with Crippen LogP contribution in [0, 0.1) is 0 Å². The van der Waals surface area contributed by atoms with Crippen LogP contribution in [0.25, 0.3) is 0 Å². The van der Waals surface area contributed by atoms with Gasteiger partial charge in [-0.05, 0) is 25.9 Å². The molecule has 0 bridgehead atoms. The summed E-state index contributed by atoms with van der Waals surface area (Å²) in [6.45, 7) is 2.54. The summed E-state index contributed by atoms with van der Waals surface area (Å²) in [6.07, 6.45) is 3.80. The van der Waals surface area contributed by atoms with Crippen LogP contribution in [-0.2, 0) is 11.3 Å². The number of rotatable bonds is 3. The van der Waals surface area contributed by atoms with Crippen LogP contribution in [0.3, 0.4) is 0 Å². The molecule has 2 rings (SSSR count). The lowest BCUT2D eigenvalue weighted by Crippen LogP contribution is -2.32. The Morgan fingerprint density at radius 2 is 2.38 bits per heavy atom. The van der Waals surface area contributed by atoms with Gasteiger partial charge in [0.1, 0.15) is 6.61 Å². The first-order chi connectivity index (χ1) is 6.45. The zero-order valence-electron chi connectivity index (χ0n) is 7.40. The van der Waals surface area contributed by atoms with Gasteiger partial charge in [-0.1, -0.05) is 5.16 Å². The highest BCUT2D eigenvalue weighted by Crippen LogP contribution is 2.08. The van der Waals surface area contributed by atoms with Crippen LogP contribution in [0.15, 0.2) is 10.9 Å². The summed E-state index contributed by atoms with van der Waals surface area (Å²) in [7, 11) is 0. The largest absolute Gasteiger partial charge is 0.370 e. The fourth-order valence-electron chi connectivity index (χ4n) is 1.41. The normalized spacial score (nSPS) is 19.1. The summed E-state index contributed by atoms with van der Waals surface area (Å²) < 4.78 is 10.2. The average Bonchev–Trinajstić information content (AvgIpc) is 2.69. The van der Waals surface area contributed by atoms with Crippen molar-refractivity contribution in [1.82, 2.24) is 15.5 Å². The van der Waals surface area contributed by atoms with Crippen molar-refractivity contribution in [3.05, 3.63) is 12.2 Å². The van der Waals surface area contributed by atoms with Gasteiger partial charge in [-0.2, -0.15) is 4.98 Å². The molecule has 0 saturated carbocycles. The zero-order valence-corrected chi connectivity index (χ0v) is 7.40. The third kappa shape index (κ3) is 2.50. The molecule has 5 nitrogen and oxygen atoms in total. The second-order valence-electron chi connectivity index (χ2n) is 3.11. The van der Waals surface area contributed by atoms with E-state index in [-0.39, 0.29) is 0 Å². The van der Waals surface area contributed by atoms with Gasteiger partial charge in [0.2, 0.25) is 6.39 Å². The number of hydrogen-bond acceptors (Lipinski definition) is 5. The van der Waals surface area contributed by atoms with Gasteiger partial charge in [-0.15, -0.1) is 0 Å². The van der Waals surface area contributed by atoms with E-state index in [1.165, 1.54) is 6.39 Å². The van der Waals surface area contributed by atoms with Crippen molar-refractivity contribution >= 4 is 0 Å². The smallest absolute Gasteiger partial charge is 0.213 e. The molecule has 0 atom stereocenters. The second kappa shape index (κ2) is 4.34. The van der Waals surface area contributed by atoms with Gasteiger partial charge in [0.05, 0.1) is 6.10 Å². The van der Waals surface area contributed by atoms with E-state index in [1.54, 1.807) is 0 Å². The molecule has 1 aliphatic heterocycles. The number of nitrogens with zero attached hydrogens (tertiary/aromatic N) is 2. The summed E-state index contributed by atoms with van der Waals surface area (Å²) in [4.78, 5) is 3.88. The molecule has 13 heavy (non-hydrogen) atoms. The number of piperidine rings is 1. The van der Waals surface area contributed by atoms with E-state index in [0.29, 0.717) is 18.5 Å². The molecule has 72 valence electrons. The molecule has 1 aliphatic rings. The molecule has 0 aliphatic carbocycles. The standard InChI is InChI=1S/C8H13N3O2/c1-3-9-4-2-7(1)12-5-8-10-6-13-11-8/h6-7,9H,1-5H2. The van der Waals surface area contributed by atoms with Crippen LogP contribution in [0.5, 0.6) is 0 Å². The van der Waals surface area contributed by atoms with Crippen molar-refractivity contribution in [3.63, 3.8) is 0 Å². The van der Waals surface area contributed by atoms with Gasteiger partial charge >= 0.3 is 0 Å². The van der Waals surface area contributed by atoms with E-state index < -0.39 is 0 Å². The van der Waals surface area contributed by atoms with Crippen molar-refractivity contribution in [1.29, 1.82) is 0 Å². The highest BCUT2D eigenvalue weighted by molar-refractivity contribution is 4.75. The maximum Gasteiger partial charge on any atom is 0.213 e. The molecular formula is C8H13N3O2. The quantitative estimate of drug-likeness (QED) is 0.732. The lowest BCUT2D eigenvalue weighted by atomic mass is 10.1. The van der Waals surface area contributed by atoms with Gasteiger partial charge < -0.3 is 14.6 Å². The second-order valence-corrected chi connectivity index (χ2v) is 3.11. The summed E-state index contributed by atoms with van der Waals surface area (Å²) >= 11 is 0. The minimum atomic E-state index is 0.347. The Bertz CT molecular complexity index is 232. The van der Waals surface area contributed by atoms with Gasteiger partial charge in [0.15, 0.2) is 5.82 Å². The van der Waals surface area contributed by atoms with Crippen LogP contribution in [0.2, 0.25) is 0 Å². The highest BCUT2D eigenvalue weighted by atomic mass is 16.5. The monoisotopic (exact) mass is 183 g/mol. The van der Waals surface area contributed by atoms with Crippen molar-refractivity contribution in [3.8, 4) is 0 Å². The SMILES string of the molecule is c1nc(COC2CCNCC2)no1. The molecule has 1 aromatic rings. The highest BCUT2D eigenvalue weighted by Gasteiger charge is 2.13. The lowest BCUT2D eigenvalue weighted by Gasteiger charge is -2.22. The Balaban J connectivity index is 1.72. The van der Waals surface area contributed by atoms with Crippen LogP contribution in [0.4, 0.5) is 0 Å². The van der Waals surface area contributed by atoms with E-state index in [0.717, 1.165) is 25.9 Å². The van der Waals surface area contributed by atoms with E-state index in [4.69, 9.17) is 4.74 Å². The predicted molar refractivity (Wildman–Crippen MR) is 45.0 cm³/mol. The van der Waals surface area contributed by atoms with E-state index >= 15 is 0 Å². The first-order valence-corrected chi connectivity index (χ1v) is 4.53. The van der Waals surface area contributed by atoms with Crippen LogP contribution < -0.4 is 5.32 Å². The van der Waals surface area contributed by atoms with Gasteiger partial charge in [-0.3, -0.25) is 0 Å². The number of hydrogen-bond donors (Lipinski definition) is 1. The summed E-state index contributed by atoms with van der Waals surface area (Å²) in [5.41, 5.74) is 0. The third-order valence-corrected chi connectivity index (χ3v) is 2.14. The van der Waals surface area contributed by atoms with E-state index in [9.17, 15) is 0 Å². The molecule has 0 unspecified atom stereocenters. The van der Waals surface area contributed by atoms with E-state index in [1.807, 2.05) is 0 Å². The summed E-state index contributed by atoms with van der Waals surface area (Å²) in [6, 6.07) is 0. The van der Waals surface area contributed by atoms with E-state index in [2.05, 4.69) is 20.0 Å². The molecule has 1 aromatic heterocycles.